The maximum absolute atomic E-state index is 12.8. The van der Waals surface area contributed by atoms with Gasteiger partial charge in [0.2, 0.25) is 11.8 Å². The Morgan fingerprint density at radius 3 is 2.69 bits per heavy atom. The van der Waals surface area contributed by atoms with Crippen molar-refractivity contribution in [2.24, 2.45) is 5.92 Å². The molecular formula is C20H29N5O3S. The molecule has 1 fully saturated rings. The molecule has 0 spiro atoms. The molecule has 9 heteroatoms. The molecule has 29 heavy (non-hydrogen) atoms. The Hall–Kier alpha value is -2.29. The first kappa shape index (κ1) is 21.4. The predicted octanol–water partition coefficient (Wildman–Crippen LogP) is 2.65. The standard InChI is InChI=1S/C20H29N5O3S/c1-12(2)10-18-22-17(23-28-18)7-9-25(15(5)26)16-6-8-24(11-16)20(27)19-13(3)21-14(4)29-19/h12,16H,6-11H2,1-5H3. The molecule has 1 saturated heterocycles. The average Bonchev–Trinajstić information content (AvgIpc) is 3.35. The number of carbonyl (C=O) groups is 2. The van der Waals surface area contributed by atoms with Crippen molar-refractivity contribution in [3.63, 3.8) is 0 Å². The maximum Gasteiger partial charge on any atom is 0.265 e. The molecule has 8 nitrogen and oxygen atoms in total. The van der Waals surface area contributed by atoms with Crippen LogP contribution in [0.2, 0.25) is 0 Å². The second kappa shape index (κ2) is 9.02. The third-order valence-corrected chi connectivity index (χ3v) is 6.12. The highest BCUT2D eigenvalue weighted by Crippen LogP contribution is 2.23. The fourth-order valence-electron chi connectivity index (χ4n) is 3.70. The Morgan fingerprint density at radius 2 is 2.07 bits per heavy atom. The van der Waals surface area contributed by atoms with E-state index in [2.05, 4.69) is 29.0 Å². The Bertz CT molecular complexity index is 875. The van der Waals surface area contributed by atoms with E-state index in [0.717, 1.165) is 23.5 Å². The molecule has 3 rings (SSSR count). The minimum Gasteiger partial charge on any atom is -0.339 e. The smallest absolute Gasteiger partial charge is 0.265 e. The highest BCUT2D eigenvalue weighted by molar-refractivity contribution is 7.13. The molecule has 0 N–H and O–H groups in total. The van der Waals surface area contributed by atoms with Crippen molar-refractivity contribution in [3.05, 3.63) is 27.3 Å². The lowest BCUT2D eigenvalue weighted by Gasteiger charge is -2.27. The van der Waals surface area contributed by atoms with E-state index in [1.54, 1.807) is 6.92 Å². The number of thiazole rings is 1. The summed E-state index contributed by atoms with van der Waals surface area (Å²) in [4.78, 5) is 38.2. The largest absolute Gasteiger partial charge is 0.339 e. The Kier molecular flexibility index (Phi) is 6.66. The third kappa shape index (κ3) is 5.20. The minimum atomic E-state index is 0.0000121. The van der Waals surface area contributed by atoms with Crippen molar-refractivity contribution in [2.75, 3.05) is 19.6 Å². The first-order valence-corrected chi connectivity index (χ1v) is 10.9. The number of nitrogens with zero attached hydrogens (tertiary/aromatic N) is 5. The van der Waals surface area contributed by atoms with E-state index in [0.29, 0.717) is 48.6 Å². The Balaban J connectivity index is 1.60. The number of rotatable bonds is 7. The van der Waals surface area contributed by atoms with Gasteiger partial charge in [0.25, 0.3) is 5.91 Å². The summed E-state index contributed by atoms with van der Waals surface area (Å²) in [7, 11) is 0. The van der Waals surface area contributed by atoms with E-state index >= 15 is 0 Å². The Labute approximate surface area is 175 Å². The van der Waals surface area contributed by atoms with Crippen molar-refractivity contribution >= 4 is 23.2 Å². The fraction of sp³-hybridized carbons (Fsp3) is 0.650. The summed E-state index contributed by atoms with van der Waals surface area (Å²) in [6.45, 7) is 11.2. The maximum atomic E-state index is 12.8. The topological polar surface area (TPSA) is 92.4 Å². The molecule has 0 aromatic carbocycles. The highest BCUT2D eigenvalue weighted by Gasteiger charge is 2.33. The summed E-state index contributed by atoms with van der Waals surface area (Å²) in [6, 6.07) is 0.00723. The van der Waals surface area contributed by atoms with E-state index in [1.807, 2.05) is 23.6 Å². The molecule has 0 saturated carbocycles. The van der Waals surface area contributed by atoms with Crippen molar-refractivity contribution in [3.8, 4) is 0 Å². The number of hydrogen-bond acceptors (Lipinski definition) is 7. The fourth-order valence-corrected chi connectivity index (χ4v) is 4.58. The van der Waals surface area contributed by atoms with Crippen LogP contribution in [0.1, 0.15) is 59.3 Å². The molecule has 2 amide bonds. The first-order valence-electron chi connectivity index (χ1n) is 10.1. The molecule has 1 aliphatic rings. The van der Waals surface area contributed by atoms with Crippen LogP contribution < -0.4 is 0 Å². The number of amides is 2. The molecule has 0 radical (unpaired) electrons. The van der Waals surface area contributed by atoms with E-state index in [1.165, 1.54) is 11.3 Å². The average molecular weight is 420 g/mol. The van der Waals surface area contributed by atoms with Gasteiger partial charge in [0.15, 0.2) is 5.82 Å². The van der Waals surface area contributed by atoms with Crippen LogP contribution in [0.5, 0.6) is 0 Å². The van der Waals surface area contributed by atoms with E-state index in [-0.39, 0.29) is 17.9 Å². The molecule has 158 valence electrons. The number of likely N-dealkylation sites (tertiary alicyclic amines) is 1. The van der Waals surface area contributed by atoms with E-state index in [4.69, 9.17) is 4.52 Å². The summed E-state index contributed by atoms with van der Waals surface area (Å²) < 4.78 is 5.28. The lowest BCUT2D eigenvalue weighted by molar-refractivity contribution is -0.130. The van der Waals surface area contributed by atoms with E-state index < -0.39 is 0 Å². The second-order valence-corrected chi connectivity index (χ2v) is 9.21. The molecular weight excluding hydrogens is 390 g/mol. The summed E-state index contributed by atoms with van der Waals surface area (Å²) in [6.07, 6.45) is 2.06. The lowest BCUT2D eigenvalue weighted by atomic mass is 10.1. The molecule has 1 unspecified atom stereocenters. The Morgan fingerprint density at radius 1 is 1.31 bits per heavy atom. The molecule has 1 aliphatic heterocycles. The van der Waals surface area contributed by atoms with Gasteiger partial charge >= 0.3 is 0 Å². The molecule has 3 heterocycles. The second-order valence-electron chi connectivity index (χ2n) is 8.01. The highest BCUT2D eigenvalue weighted by atomic mass is 32.1. The zero-order chi connectivity index (χ0) is 21.1. The van der Waals surface area contributed by atoms with Gasteiger partial charge in [0.1, 0.15) is 4.88 Å². The van der Waals surface area contributed by atoms with Crippen molar-refractivity contribution < 1.29 is 14.1 Å². The number of hydrogen-bond donors (Lipinski definition) is 0. The van der Waals surface area contributed by atoms with Crippen molar-refractivity contribution in [2.45, 2.75) is 59.9 Å². The van der Waals surface area contributed by atoms with Crippen LogP contribution in [0.3, 0.4) is 0 Å². The summed E-state index contributed by atoms with van der Waals surface area (Å²) in [5, 5.41) is 4.92. The van der Waals surface area contributed by atoms with Gasteiger partial charge in [-0.15, -0.1) is 11.3 Å². The van der Waals surface area contributed by atoms with Gasteiger partial charge < -0.3 is 14.3 Å². The van der Waals surface area contributed by atoms with Gasteiger partial charge in [-0.25, -0.2) is 4.98 Å². The monoisotopic (exact) mass is 419 g/mol. The minimum absolute atomic E-state index is 0.0000121. The van der Waals surface area contributed by atoms with Gasteiger partial charge in [-0.3, -0.25) is 9.59 Å². The zero-order valence-electron chi connectivity index (χ0n) is 17.8. The number of aryl methyl sites for hydroxylation is 2. The van der Waals surface area contributed by atoms with Crippen molar-refractivity contribution in [1.82, 2.24) is 24.9 Å². The van der Waals surface area contributed by atoms with E-state index in [9.17, 15) is 9.59 Å². The summed E-state index contributed by atoms with van der Waals surface area (Å²) >= 11 is 1.43. The van der Waals surface area contributed by atoms with Crippen molar-refractivity contribution in [1.29, 1.82) is 0 Å². The van der Waals surface area contributed by atoms with Crippen LogP contribution >= 0.6 is 11.3 Å². The zero-order valence-corrected chi connectivity index (χ0v) is 18.6. The number of carbonyl (C=O) groups excluding carboxylic acids is 2. The quantitative estimate of drug-likeness (QED) is 0.685. The summed E-state index contributed by atoms with van der Waals surface area (Å²) in [5.41, 5.74) is 0.777. The van der Waals surface area contributed by atoms with Gasteiger partial charge in [0.05, 0.1) is 16.7 Å². The van der Waals surface area contributed by atoms with Gasteiger partial charge in [0, 0.05) is 39.4 Å². The van der Waals surface area contributed by atoms with Crippen LogP contribution in [0.15, 0.2) is 4.52 Å². The number of aromatic nitrogens is 3. The molecule has 2 aromatic rings. The van der Waals surface area contributed by atoms with Crippen LogP contribution in [0.4, 0.5) is 0 Å². The van der Waals surface area contributed by atoms with Gasteiger partial charge in [-0.05, 0) is 26.2 Å². The summed E-state index contributed by atoms with van der Waals surface area (Å²) in [5.74, 6) is 1.71. The third-order valence-electron chi connectivity index (χ3n) is 5.06. The molecule has 0 aliphatic carbocycles. The molecule has 1 atom stereocenters. The van der Waals surface area contributed by atoms with Crippen LogP contribution in [-0.4, -0.2) is 62.4 Å². The van der Waals surface area contributed by atoms with Crippen LogP contribution in [-0.2, 0) is 17.6 Å². The normalized spacial score (nSPS) is 16.6. The van der Waals surface area contributed by atoms with Gasteiger partial charge in [-0.2, -0.15) is 4.98 Å². The predicted molar refractivity (Wildman–Crippen MR) is 110 cm³/mol. The SMILES string of the molecule is CC(=O)N(CCc1noc(CC(C)C)n1)C1CCN(C(=O)c2sc(C)nc2C)C1. The van der Waals surface area contributed by atoms with Crippen LogP contribution in [0, 0.1) is 19.8 Å². The van der Waals surface area contributed by atoms with Gasteiger partial charge in [-0.1, -0.05) is 19.0 Å². The lowest BCUT2D eigenvalue weighted by Crippen LogP contribution is -2.42. The van der Waals surface area contributed by atoms with Crippen LogP contribution in [0.25, 0.3) is 0 Å². The molecule has 2 aromatic heterocycles. The first-order chi connectivity index (χ1) is 13.7. The molecule has 0 bridgehead atoms.